The lowest BCUT2D eigenvalue weighted by atomic mass is 9.67. The molecular weight excluding hydrogens is 495 g/mol. The van der Waals surface area contributed by atoms with Gasteiger partial charge in [-0.15, -0.1) is 0 Å². The number of hydrogen-bond donors (Lipinski definition) is 2. The first kappa shape index (κ1) is 27.3. The first-order valence-electron chi connectivity index (χ1n) is 10.9. The first-order valence-corrected chi connectivity index (χ1v) is 10.9. The van der Waals surface area contributed by atoms with Gasteiger partial charge < -0.3 is 15.4 Å². The van der Waals surface area contributed by atoms with Crippen LogP contribution in [0.25, 0.3) is 0 Å². The highest BCUT2D eigenvalue weighted by atomic mass is 19.4. The van der Waals surface area contributed by atoms with Crippen molar-refractivity contribution in [3.8, 4) is 0 Å². The van der Waals surface area contributed by atoms with E-state index in [-0.39, 0.29) is 36.7 Å². The van der Waals surface area contributed by atoms with Crippen molar-refractivity contribution in [2.75, 3.05) is 13.6 Å². The fourth-order valence-electron chi connectivity index (χ4n) is 4.92. The molecule has 0 saturated carbocycles. The maximum atomic E-state index is 14.0. The Labute approximate surface area is 202 Å². The first-order chi connectivity index (χ1) is 16.6. The van der Waals surface area contributed by atoms with Crippen molar-refractivity contribution >= 4 is 11.7 Å². The van der Waals surface area contributed by atoms with Crippen molar-refractivity contribution in [2.45, 2.75) is 50.5 Å². The van der Waals surface area contributed by atoms with Crippen molar-refractivity contribution in [1.29, 1.82) is 0 Å². The summed E-state index contributed by atoms with van der Waals surface area (Å²) in [4.78, 5) is 14.3. The van der Waals surface area contributed by atoms with Gasteiger partial charge in [0.25, 0.3) is 0 Å². The molecule has 1 heterocycles. The van der Waals surface area contributed by atoms with Crippen molar-refractivity contribution in [3.63, 3.8) is 0 Å². The van der Waals surface area contributed by atoms with Gasteiger partial charge in [0.15, 0.2) is 0 Å². The van der Waals surface area contributed by atoms with Crippen LogP contribution < -0.4 is 5.32 Å². The smallest absolute Gasteiger partial charge is 0.411 e. The van der Waals surface area contributed by atoms with Crippen LogP contribution in [0, 0.1) is 12.7 Å². The standard InChI is InChI=1S/C24H24F7N3O2/c1-13-8-18(25)4-5-20(13)22(12-19(33-36)6-7-34(22)21(35)32-3)14(2)15-9-16(23(26,27)28)11-17(10-15)24(29,30)31/h4-5,8-11,14,36H,6-7,12H2,1-3H3,(H,32,35)/t14-,22?/m1/s1. The highest BCUT2D eigenvalue weighted by Gasteiger charge is 2.51. The molecule has 1 saturated heterocycles. The Balaban J connectivity index is 2.39. The summed E-state index contributed by atoms with van der Waals surface area (Å²) >= 11 is 0. The Morgan fingerprint density at radius 2 is 1.67 bits per heavy atom. The molecule has 1 fully saturated rings. The zero-order chi connectivity index (χ0) is 27.1. The molecule has 2 aromatic rings. The summed E-state index contributed by atoms with van der Waals surface area (Å²) in [6.07, 6.45) is -10.2. The molecule has 1 unspecified atom stereocenters. The van der Waals surface area contributed by atoms with Crippen molar-refractivity contribution in [3.05, 3.63) is 70.0 Å². The van der Waals surface area contributed by atoms with Crippen LogP contribution in [0.2, 0.25) is 0 Å². The van der Waals surface area contributed by atoms with E-state index in [1.165, 1.54) is 31.9 Å². The van der Waals surface area contributed by atoms with E-state index in [0.29, 0.717) is 23.3 Å². The van der Waals surface area contributed by atoms with Crippen molar-refractivity contribution < 1.29 is 40.7 Å². The lowest BCUT2D eigenvalue weighted by Gasteiger charge is -2.51. The van der Waals surface area contributed by atoms with Gasteiger partial charge in [0, 0.05) is 32.4 Å². The summed E-state index contributed by atoms with van der Waals surface area (Å²) in [7, 11) is 1.33. The summed E-state index contributed by atoms with van der Waals surface area (Å²) in [6, 6.07) is 4.21. The second-order valence-corrected chi connectivity index (χ2v) is 8.74. The molecule has 5 nitrogen and oxygen atoms in total. The Bertz CT molecular complexity index is 1150. The molecule has 2 atom stereocenters. The molecule has 1 aliphatic heterocycles. The predicted molar refractivity (Wildman–Crippen MR) is 117 cm³/mol. The van der Waals surface area contributed by atoms with E-state index >= 15 is 0 Å². The van der Waals surface area contributed by atoms with E-state index in [9.17, 15) is 40.7 Å². The van der Waals surface area contributed by atoms with Crippen LogP contribution in [-0.2, 0) is 17.9 Å². The molecule has 0 spiro atoms. The Morgan fingerprint density at radius 1 is 1.08 bits per heavy atom. The third-order valence-electron chi connectivity index (χ3n) is 6.66. The summed E-state index contributed by atoms with van der Waals surface area (Å²) in [5, 5.41) is 15.2. The SMILES string of the molecule is CNC(=O)N1CCC(=NO)CC1(c1ccc(F)cc1C)[C@H](C)c1cc(C(F)(F)F)cc(C(F)(F)F)c1. The number of amides is 2. The van der Waals surface area contributed by atoms with Crippen molar-refractivity contribution in [2.24, 2.45) is 5.16 Å². The number of likely N-dealkylation sites (tertiary alicyclic amines) is 1. The van der Waals surface area contributed by atoms with Gasteiger partial charge in [-0.25, -0.2) is 9.18 Å². The summed E-state index contributed by atoms with van der Waals surface area (Å²) in [6.45, 7) is 2.87. The van der Waals surface area contributed by atoms with Gasteiger partial charge in [0.05, 0.1) is 22.4 Å². The van der Waals surface area contributed by atoms with Gasteiger partial charge >= 0.3 is 18.4 Å². The highest BCUT2D eigenvalue weighted by molar-refractivity contribution is 5.89. The summed E-state index contributed by atoms with van der Waals surface area (Å²) in [5.74, 6) is -1.80. The van der Waals surface area contributed by atoms with Gasteiger partial charge in [-0.3, -0.25) is 0 Å². The second-order valence-electron chi connectivity index (χ2n) is 8.74. The maximum Gasteiger partial charge on any atom is 0.416 e. The van der Waals surface area contributed by atoms with Crippen LogP contribution in [-0.4, -0.2) is 35.4 Å². The van der Waals surface area contributed by atoms with Gasteiger partial charge in [-0.2, -0.15) is 26.3 Å². The number of aryl methyl sites for hydroxylation is 1. The van der Waals surface area contributed by atoms with Crippen LogP contribution in [0.3, 0.4) is 0 Å². The molecule has 36 heavy (non-hydrogen) atoms. The molecule has 2 N–H and O–H groups in total. The minimum atomic E-state index is -5.07. The number of nitrogens with one attached hydrogen (secondary N) is 1. The molecule has 3 rings (SSSR count). The molecule has 1 aliphatic rings. The van der Waals surface area contributed by atoms with E-state index in [4.69, 9.17) is 0 Å². The average molecular weight is 519 g/mol. The topological polar surface area (TPSA) is 64.9 Å². The quantitative estimate of drug-likeness (QED) is 0.279. The number of urea groups is 1. The van der Waals surface area contributed by atoms with E-state index in [1.54, 1.807) is 0 Å². The van der Waals surface area contributed by atoms with Gasteiger partial charge in [-0.05, 0) is 53.9 Å². The van der Waals surface area contributed by atoms with E-state index in [1.807, 2.05) is 0 Å². The Morgan fingerprint density at radius 3 is 2.14 bits per heavy atom. The number of benzene rings is 2. The Kier molecular flexibility index (Phi) is 7.29. The molecule has 0 aliphatic carbocycles. The molecule has 0 aromatic heterocycles. The molecule has 0 bridgehead atoms. The largest absolute Gasteiger partial charge is 0.416 e. The number of carbonyl (C=O) groups is 1. The second kappa shape index (κ2) is 9.62. The lowest BCUT2D eigenvalue weighted by molar-refractivity contribution is -0.143. The van der Waals surface area contributed by atoms with E-state index in [2.05, 4.69) is 10.5 Å². The van der Waals surface area contributed by atoms with Gasteiger partial charge in [0.1, 0.15) is 5.82 Å². The minimum absolute atomic E-state index is 0.0318. The van der Waals surface area contributed by atoms with Crippen LogP contribution in [0.4, 0.5) is 35.5 Å². The molecule has 12 heteroatoms. The monoisotopic (exact) mass is 519 g/mol. The van der Waals surface area contributed by atoms with Gasteiger partial charge in [-0.1, -0.05) is 18.1 Å². The molecule has 0 radical (unpaired) electrons. The Hall–Kier alpha value is -3.31. The third-order valence-corrected chi connectivity index (χ3v) is 6.66. The predicted octanol–water partition coefficient (Wildman–Crippen LogP) is 6.44. The number of piperidine rings is 1. The summed E-state index contributed by atoms with van der Waals surface area (Å²) in [5.41, 5.74) is -4.13. The van der Waals surface area contributed by atoms with Gasteiger partial charge in [0.2, 0.25) is 0 Å². The van der Waals surface area contributed by atoms with Crippen LogP contribution in [0.1, 0.15) is 53.5 Å². The summed E-state index contributed by atoms with van der Waals surface area (Å²) < 4.78 is 95.6. The molecule has 196 valence electrons. The fourth-order valence-corrected chi connectivity index (χ4v) is 4.92. The maximum absolute atomic E-state index is 14.0. The third kappa shape index (κ3) is 4.98. The zero-order valence-corrected chi connectivity index (χ0v) is 19.6. The number of halogens is 7. The molecule has 2 aromatic carbocycles. The van der Waals surface area contributed by atoms with Crippen LogP contribution in [0.5, 0.6) is 0 Å². The lowest BCUT2D eigenvalue weighted by Crippen LogP contribution is -2.59. The number of hydrogen-bond acceptors (Lipinski definition) is 3. The zero-order valence-electron chi connectivity index (χ0n) is 19.6. The van der Waals surface area contributed by atoms with Crippen LogP contribution in [0.15, 0.2) is 41.6 Å². The normalized spacial score (nSPS) is 20.9. The number of alkyl halides is 6. The minimum Gasteiger partial charge on any atom is -0.411 e. The number of nitrogens with zero attached hydrogens (tertiary/aromatic N) is 2. The molecule has 2 amide bonds. The number of oxime groups is 1. The van der Waals surface area contributed by atoms with E-state index in [0.717, 1.165) is 12.1 Å². The van der Waals surface area contributed by atoms with Crippen molar-refractivity contribution in [1.82, 2.24) is 10.2 Å². The number of rotatable bonds is 3. The number of carbonyl (C=O) groups excluding carboxylic acids is 1. The molecular formula is C24H24F7N3O2. The average Bonchev–Trinajstić information content (AvgIpc) is 2.81. The van der Waals surface area contributed by atoms with E-state index < -0.39 is 46.8 Å². The highest BCUT2D eigenvalue weighted by Crippen LogP contribution is 2.50. The van der Waals surface area contributed by atoms with Crippen LogP contribution >= 0.6 is 0 Å². The fraction of sp³-hybridized carbons (Fsp3) is 0.417.